The van der Waals surface area contributed by atoms with Crippen LogP contribution in [0.5, 0.6) is 0 Å². The first-order valence-corrected chi connectivity index (χ1v) is 7.09. The van der Waals surface area contributed by atoms with Gasteiger partial charge in [-0.3, -0.25) is 0 Å². The zero-order valence-corrected chi connectivity index (χ0v) is 10.0. The Balaban J connectivity index is 2.43. The second kappa shape index (κ2) is 4.40. The summed E-state index contributed by atoms with van der Waals surface area (Å²) in [4.78, 5) is 0. The van der Waals surface area contributed by atoms with Gasteiger partial charge in [-0.2, -0.15) is 0 Å². The molecule has 2 heterocycles. The van der Waals surface area contributed by atoms with Crippen molar-refractivity contribution in [2.45, 2.75) is 9.46 Å². The summed E-state index contributed by atoms with van der Waals surface area (Å²) in [6, 6.07) is 6.56. The van der Waals surface area contributed by atoms with Crippen LogP contribution in [-0.2, 0) is 9.84 Å². The van der Waals surface area contributed by atoms with Crippen LogP contribution in [-0.4, -0.2) is 15.0 Å². The summed E-state index contributed by atoms with van der Waals surface area (Å²) in [7, 11) is -3.43. The molecule has 0 spiro atoms. The molecule has 1 unspecified atom stereocenters. The lowest BCUT2D eigenvalue weighted by molar-refractivity contribution is 0.492. The van der Waals surface area contributed by atoms with Crippen molar-refractivity contribution in [1.82, 2.24) is 0 Å². The van der Waals surface area contributed by atoms with Gasteiger partial charge in [-0.1, -0.05) is 6.07 Å². The van der Waals surface area contributed by atoms with Crippen molar-refractivity contribution in [2.24, 2.45) is 5.73 Å². The molecule has 0 fully saturated rings. The van der Waals surface area contributed by atoms with Gasteiger partial charge < -0.3 is 10.2 Å². The predicted octanol–water partition coefficient (Wildman–Crippen LogP) is 1.81. The second-order valence-corrected chi connectivity index (χ2v) is 6.52. The van der Waals surface area contributed by atoms with E-state index >= 15 is 0 Å². The van der Waals surface area contributed by atoms with E-state index in [2.05, 4.69) is 0 Å². The molecule has 0 amide bonds. The van der Waals surface area contributed by atoms with Crippen LogP contribution in [0.15, 0.2) is 44.5 Å². The normalized spacial score (nSPS) is 13.8. The van der Waals surface area contributed by atoms with Gasteiger partial charge in [0.05, 0.1) is 6.26 Å². The zero-order chi connectivity index (χ0) is 11.6. The third-order valence-corrected chi connectivity index (χ3v) is 5.74. The molecule has 0 saturated heterocycles. The third kappa shape index (κ3) is 1.91. The van der Waals surface area contributed by atoms with Crippen molar-refractivity contribution in [3.05, 3.63) is 41.7 Å². The number of sulfone groups is 1. The molecule has 6 heteroatoms. The molecule has 0 aliphatic heterocycles. The molecule has 2 rings (SSSR count). The maximum Gasteiger partial charge on any atom is 0.199 e. The molecule has 0 bridgehead atoms. The first kappa shape index (κ1) is 11.4. The summed E-state index contributed by atoms with van der Waals surface area (Å²) in [6.45, 7) is 0.00769. The average molecular weight is 257 g/mol. The van der Waals surface area contributed by atoms with Gasteiger partial charge in [0.25, 0.3) is 0 Å². The SMILES string of the molecule is NCC(c1ccco1)S(=O)(=O)c1cccs1. The number of thiophene rings is 1. The van der Waals surface area contributed by atoms with Crippen molar-refractivity contribution >= 4 is 21.2 Å². The Bertz CT molecular complexity index is 529. The highest BCUT2D eigenvalue weighted by atomic mass is 32.2. The highest BCUT2D eigenvalue weighted by molar-refractivity contribution is 7.93. The monoisotopic (exact) mass is 257 g/mol. The number of hydrogen-bond acceptors (Lipinski definition) is 5. The zero-order valence-electron chi connectivity index (χ0n) is 8.37. The first-order valence-electron chi connectivity index (χ1n) is 4.67. The fourth-order valence-corrected chi connectivity index (χ4v) is 4.18. The molecule has 86 valence electrons. The molecule has 16 heavy (non-hydrogen) atoms. The summed E-state index contributed by atoms with van der Waals surface area (Å²) in [6.07, 6.45) is 1.45. The van der Waals surface area contributed by atoms with Crippen LogP contribution in [0.25, 0.3) is 0 Å². The van der Waals surface area contributed by atoms with Crippen molar-refractivity contribution in [1.29, 1.82) is 0 Å². The maximum atomic E-state index is 12.2. The summed E-state index contributed by atoms with van der Waals surface area (Å²) < 4.78 is 29.8. The van der Waals surface area contributed by atoms with Gasteiger partial charge >= 0.3 is 0 Å². The fourth-order valence-electron chi connectivity index (χ4n) is 1.44. The van der Waals surface area contributed by atoms with Gasteiger partial charge in [-0.15, -0.1) is 11.3 Å². The maximum absolute atomic E-state index is 12.2. The average Bonchev–Trinajstić information content (AvgIpc) is 2.91. The Morgan fingerprint density at radius 2 is 2.19 bits per heavy atom. The Morgan fingerprint density at radius 3 is 2.69 bits per heavy atom. The molecule has 1 atom stereocenters. The van der Waals surface area contributed by atoms with Crippen LogP contribution < -0.4 is 5.73 Å². The molecule has 2 aromatic rings. The Hall–Kier alpha value is -1.11. The van der Waals surface area contributed by atoms with Gasteiger partial charge in [-0.25, -0.2) is 8.42 Å². The van der Waals surface area contributed by atoms with Crippen molar-refractivity contribution < 1.29 is 12.8 Å². The second-order valence-electron chi connectivity index (χ2n) is 3.22. The number of furan rings is 1. The highest BCUT2D eigenvalue weighted by Crippen LogP contribution is 2.30. The Labute approximate surface area is 97.6 Å². The largest absolute Gasteiger partial charge is 0.468 e. The van der Waals surface area contributed by atoms with E-state index < -0.39 is 15.1 Å². The summed E-state index contributed by atoms with van der Waals surface area (Å²) in [5, 5.41) is 0.920. The van der Waals surface area contributed by atoms with Crippen molar-refractivity contribution in [3.63, 3.8) is 0 Å². The predicted molar refractivity (Wildman–Crippen MR) is 62.0 cm³/mol. The van der Waals surface area contributed by atoms with Crippen LogP contribution in [0, 0.1) is 0 Å². The van der Waals surface area contributed by atoms with E-state index in [9.17, 15) is 8.42 Å². The molecule has 2 N–H and O–H groups in total. The molecular formula is C10H11NO3S2. The van der Waals surface area contributed by atoms with Crippen molar-refractivity contribution in [3.8, 4) is 0 Å². The lowest BCUT2D eigenvalue weighted by Crippen LogP contribution is -2.21. The minimum Gasteiger partial charge on any atom is -0.468 e. The summed E-state index contributed by atoms with van der Waals surface area (Å²) in [5.74, 6) is 0.385. The highest BCUT2D eigenvalue weighted by Gasteiger charge is 2.30. The van der Waals surface area contributed by atoms with E-state index in [-0.39, 0.29) is 6.54 Å². The van der Waals surface area contributed by atoms with Crippen LogP contribution in [0.4, 0.5) is 0 Å². The van der Waals surface area contributed by atoms with E-state index in [4.69, 9.17) is 10.2 Å². The van der Waals surface area contributed by atoms with Crippen LogP contribution >= 0.6 is 11.3 Å². The molecule has 0 aliphatic carbocycles. The first-order chi connectivity index (χ1) is 7.66. The van der Waals surface area contributed by atoms with E-state index in [0.717, 1.165) is 0 Å². The van der Waals surface area contributed by atoms with E-state index in [1.54, 1.807) is 29.6 Å². The van der Waals surface area contributed by atoms with E-state index in [1.165, 1.54) is 17.6 Å². The van der Waals surface area contributed by atoms with Gasteiger partial charge in [0.15, 0.2) is 9.84 Å². The van der Waals surface area contributed by atoms with Crippen molar-refractivity contribution in [2.75, 3.05) is 6.54 Å². The number of rotatable bonds is 4. The van der Waals surface area contributed by atoms with Gasteiger partial charge in [-0.05, 0) is 23.6 Å². The summed E-state index contributed by atoms with van der Waals surface area (Å²) in [5.41, 5.74) is 5.52. The van der Waals surface area contributed by atoms with Crippen LogP contribution in [0.3, 0.4) is 0 Å². The lowest BCUT2D eigenvalue weighted by atomic mass is 10.3. The molecule has 4 nitrogen and oxygen atoms in total. The van der Waals surface area contributed by atoms with Gasteiger partial charge in [0.2, 0.25) is 0 Å². The third-order valence-electron chi connectivity index (χ3n) is 2.22. The molecule has 0 radical (unpaired) electrons. The minimum absolute atomic E-state index is 0.00769. The molecule has 2 aromatic heterocycles. The van der Waals surface area contributed by atoms with Crippen LogP contribution in [0.1, 0.15) is 11.0 Å². The van der Waals surface area contributed by atoms with Gasteiger partial charge in [0.1, 0.15) is 15.2 Å². The quantitative estimate of drug-likeness (QED) is 0.906. The lowest BCUT2D eigenvalue weighted by Gasteiger charge is -2.11. The van der Waals surface area contributed by atoms with Gasteiger partial charge in [0, 0.05) is 6.54 Å². The topological polar surface area (TPSA) is 73.3 Å². The fraction of sp³-hybridized carbons (Fsp3) is 0.200. The molecular weight excluding hydrogens is 246 g/mol. The number of nitrogens with two attached hydrogens (primary N) is 1. The smallest absolute Gasteiger partial charge is 0.199 e. The standard InChI is InChI=1S/C10H11NO3S2/c11-7-9(8-3-1-5-14-8)16(12,13)10-4-2-6-15-10/h1-6,9H,7,11H2. The van der Waals surface area contributed by atoms with Crippen LogP contribution in [0.2, 0.25) is 0 Å². The Kier molecular flexibility index (Phi) is 3.13. The summed E-state index contributed by atoms with van der Waals surface area (Å²) >= 11 is 1.19. The molecule has 0 saturated carbocycles. The van der Waals surface area contributed by atoms with E-state index in [0.29, 0.717) is 9.97 Å². The Morgan fingerprint density at radius 1 is 1.38 bits per heavy atom. The molecule has 0 aromatic carbocycles. The minimum atomic E-state index is -3.43. The molecule has 0 aliphatic rings. The van der Waals surface area contributed by atoms with E-state index in [1.807, 2.05) is 0 Å². The number of hydrogen-bond donors (Lipinski definition) is 1.